The van der Waals surface area contributed by atoms with E-state index in [0.29, 0.717) is 0 Å². The van der Waals surface area contributed by atoms with Crippen molar-refractivity contribution in [2.75, 3.05) is 0 Å². The molecule has 0 aromatic rings. The summed E-state index contributed by atoms with van der Waals surface area (Å²) in [6.07, 6.45) is 0. The molecule has 0 aromatic carbocycles. The zero-order chi connectivity index (χ0) is 14.3. The molecule has 0 spiro atoms. The average Bonchev–Trinajstić information content (AvgIpc) is 1.76. The third kappa shape index (κ3) is 560. The second kappa shape index (κ2) is 29.4. The quantitative estimate of drug-likeness (QED) is 0.391. The molecule has 0 atom stereocenters. The van der Waals surface area contributed by atoms with Gasteiger partial charge in [-0.3, -0.25) is 0 Å². The summed E-state index contributed by atoms with van der Waals surface area (Å²) in [6, 6.07) is 0. The molecule has 0 rings (SSSR count). The molecule has 0 aliphatic heterocycles. The van der Waals surface area contributed by atoms with E-state index in [1.807, 2.05) is 0 Å². The molecule has 18 heavy (non-hydrogen) atoms. The summed E-state index contributed by atoms with van der Waals surface area (Å²) in [5.74, 6) is 0. The Morgan fingerprint density at radius 2 is 0.444 bits per heavy atom. The summed E-state index contributed by atoms with van der Waals surface area (Å²) in [5.41, 5.74) is 0. The first-order valence-electron chi connectivity index (χ1n) is 2.19. The Bertz CT molecular complexity index is 161. The van der Waals surface area contributed by atoms with Crippen molar-refractivity contribution in [2.24, 2.45) is 0 Å². The standard InChI is InChI=1S/La.4NO3.H3N/c;4*2-1(3)4;/h;;;;;1H3/q+3;4*-1;/p+1. The summed E-state index contributed by atoms with van der Waals surface area (Å²) in [5, 5.41) is 59.0. The van der Waals surface area contributed by atoms with Gasteiger partial charge in [0, 0.05) is 0 Å². The van der Waals surface area contributed by atoms with E-state index in [1.54, 1.807) is 0 Å². The van der Waals surface area contributed by atoms with Crippen LogP contribution in [-0.2, 0) is 0 Å². The molecule has 0 heterocycles. The molecule has 0 amide bonds. The van der Waals surface area contributed by atoms with E-state index in [2.05, 4.69) is 0 Å². The van der Waals surface area contributed by atoms with Crippen LogP contribution in [0.1, 0.15) is 0 Å². The third-order valence-corrected chi connectivity index (χ3v) is 0. The Hall–Kier alpha value is -2.05. The Labute approximate surface area is 123 Å². The SMILES string of the molecule is O=[N+]([O-])[O-].O=[N+]([O-])[O-].O=[N+]([O-])[O-].O=[N+]([O-])[O-].[La+3].[NH4+]. The van der Waals surface area contributed by atoms with E-state index in [4.69, 9.17) is 61.3 Å². The van der Waals surface area contributed by atoms with Gasteiger partial charge < -0.3 is 67.4 Å². The van der Waals surface area contributed by atoms with Crippen molar-refractivity contribution in [2.45, 2.75) is 0 Å². The molecule has 0 radical (unpaired) electrons. The van der Waals surface area contributed by atoms with Crippen LogP contribution in [0.25, 0.3) is 0 Å². The van der Waals surface area contributed by atoms with Crippen molar-refractivity contribution < 1.29 is 55.9 Å². The second-order valence-corrected chi connectivity index (χ2v) is 0.894. The molecular formula is H4LaN5O12. The molecule has 0 aromatic heterocycles. The van der Waals surface area contributed by atoms with Crippen LogP contribution in [0.3, 0.4) is 0 Å². The molecule has 0 fully saturated rings. The Morgan fingerprint density at radius 3 is 0.444 bits per heavy atom. The van der Waals surface area contributed by atoms with Crippen LogP contribution < -0.4 is 6.15 Å². The van der Waals surface area contributed by atoms with E-state index < -0.39 is 20.3 Å². The number of quaternary nitrogens is 1. The number of nitrogens with zero attached hydrogens (tertiary/aromatic N) is 4. The van der Waals surface area contributed by atoms with Crippen LogP contribution in [0.15, 0.2) is 0 Å². The summed E-state index contributed by atoms with van der Waals surface area (Å²) in [6.45, 7) is 0. The van der Waals surface area contributed by atoms with Gasteiger partial charge in [0.2, 0.25) is 0 Å². The van der Waals surface area contributed by atoms with Crippen molar-refractivity contribution in [3.63, 3.8) is 0 Å². The average molecular weight is 405 g/mol. The predicted molar refractivity (Wildman–Crippen MR) is 47.4 cm³/mol. The van der Waals surface area contributed by atoms with Gasteiger partial charge in [0.05, 0.1) is 20.3 Å². The van der Waals surface area contributed by atoms with Crippen LogP contribution >= 0.6 is 0 Å². The molecule has 0 aliphatic carbocycles. The number of rotatable bonds is 0. The van der Waals surface area contributed by atoms with Crippen LogP contribution in [0.2, 0.25) is 0 Å². The van der Waals surface area contributed by atoms with E-state index in [9.17, 15) is 0 Å². The van der Waals surface area contributed by atoms with E-state index in [-0.39, 0.29) is 41.7 Å². The van der Waals surface area contributed by atoms with Gasteiger partial charge in [-0.05, 0) is 0 Å². The van der Waals surface area contributed by atoms with Crippen LogP contribution in [0, 0.1) is 96.9 Å². The largest absolute Gasteiger partial charge is 3.00 e. The fourth-order valence-electron chi connectivity index (χ4n) is 0. The van der Waals surface area contributed by atoms with Gasteiger partial charge in [-0.1, -0.05) is 0 Å². The van der Waals surface area contributed by atoms with Crippen molar-refractivity contribution in [1.29, 1.82) is 0 Å². The molecule has 0 aliphatic rings. The third-order valence-electron chi connectivity index (χ3n) is 0. The number of hydrogen-bond acceptors (Lipinski definition) is 12. The van der Waals surface area contributed by atoms with Crippen molar-refractivity contribution in [3.05, 3.63) is 61.3 Å². The summed E-state index contributed by atoms with van der Waals surface area (Å²) in [4.78, 5) is 33.0. The van der Waals surface area contributed by atoms with Gasteiger partial charge in [-0.2, -0.15) is 0 Å². The summed E-state index contributed by atoms with van der Waals surface area (Å²) in [7, 11) is 0. The molecule has 0 bridgehead atoms. The zero-order valence-corrected chi connectivity index (χ0v) is 11.9. The first-order chi connectivity index (χ1) is 6.93. The fourth-order valence-corrected chi connectivity index (χ4v) is 0. The minimum absolute atomic E-state index is 0. The molecule has 4 N–H and O–H groups in total. The smallest absolute Gasteiger partial charge is 0.369 e. The van der Waals surface area contributed by atoms with Crippen molar-refractivity contribution in [3.8, 4) is 0 Å². The monoisotopic (exact) mass is 405 g/mol. The first kappa shape index (κ1) is 36.0. The molecule has 104 valence electrons. The fraction of sp³-hybridized carbons (Fsp3) is 0. The van der Waals surface area contributed by atoms with E-state index >= 15 is 0 Å². The maximum Gasteiger partial charge on any atom is 3.00 e. The minimum atomic E-state index is -1.75. The van der Waals surface area contributed by atoms with Crippen LogP contribution in [-0.4, -0.2) is 20.3 Å². The normalized spacial score (nSPS) is 5.33. The maximum absolute atomic E-state index is 8.25. The van der Waals surface area contributed by atoms with Gasteiger partial charge in [0.25, 0.3) is 0 Å². The minimum Gasteiger partial charge on any atom is -0.369 e. The Morgan fingerprint density at radius 1 is 0.444 bits per heavy atom. The molecular weight excluding hydrogens is 401 g/mol. The van der Waals surface area contributed by atoms with Crippen LogP contribution in [0.4, 0.5) is 0 Å². The molecule has 0 unspecified atom stereocenters. The summed E-state index contributed by atoms with van der Waals surface area (Å²) < 4.78 is 0. The van der Waals surface area contributed by atoms with Crippen molar-refractivity contribution in [1.82, 2.24) is 6.15 Å². The Kier molecular flexibility index (Phi) is 58.8. The van der Waals surface area contributed by atoms with Gasteiger partial charge in [-0.15, -0.1) is 0 Å². The Balaban J connectivity index is -0.0000000257. The number of hydrogen-bond donors (Lipinski definition) is 1. The second-order valence-electron chi connectivity index (χ2n) is 0.894. The molecule has 17 nitrogen and oxygen atoms in total. The van der Waals surface area contributed by atoms with Gasteiger partial charge >= 0.3 is 35.6 Å². The molecule has 0 saturated heterocycles. The van der Waals surface area contributed by atoms with Crippen molar-refractivity contribution >= 4 is 0 Å². The molecule has 0 saturated carbocycles. The topological polar surface area (TPSA) is 301 Å². The van der Waals surface area contributed by atoms with Crippen LogP contribution in [0.5, 0.6) is 0 Å². The first-order valence-corrected chi connectivity index (χ1v) is 2.19. The van der Waals surface area contributed by atoms with Gasteiger partial charge in [0.1, 0.15) is 0 Å². The van der Waals surface area contributed by atoms with E-state index in [0.717, 1.165) is 0 Å². The van der Waals surface area contributed by atoms with Gasteiger partial charge in [-0.25, -0.2) is 0 Å². The van der Waals surface area contributed by atoms with E-state index in [1.165, 1.54) is 0 Å². The van der Waals surface area contributed by atoms with Gasteiger partial charge in [0.15, 0.2) is 0 Å². The maximum atomic E-state index is 8.25. The zero-order valence-electron chi connectivity index (χ0n) is 8.27. The summed E-state index contributed by atoms with van der Waals surface area (Å²) >= 11 is 0. The molecule has 18 heteroatoms. The predicted octanol–water partition coefficient (Wildman–Crippen LogP) is -0.580.